The molecule has 2 aromatic heterocycles. The second kappa shape index (κ2) is 9.33. The highest BCUT2D eigenvalue weighted by Crippen LogP contribution is 2.36. The van der Waals surface area contributed by atoms with Crippen LogP contribution in [0.25, 0.3) is 5.69 Å². The number of pyridine rings is 1. The minimum absolute atomic E-state index is 0.0657. The molecule has 0 N–H and O–H groups in total. The smallest absolute Gasteiger partial charge is 0.406 e. The molecule has 1 fully saturated rings. The lowest BCUT2D eigenvalue weighted by molar-refractivity contribution is -0.274. The maximum Gasteiger partial charge on any atom is 0.573 e. The van der Waals surface area contributed by atoms with Crippen LogP contribution in [0.4, 0.5) is 13.2 Å². The predicted molar refractivity (Wildman–Crippen MR) is 118 cm³/mol. The number of halogens is 3. The highest BCUT2D eigenvalue weighted by atomic mass is 19.4. The van der Waals surface area contributed by atoms with Gasteiger partial charge >= 0.3 is 6.36 Å². The van der Waals surface area contributed by atoms with Gasteiger partial charge in [0.05, 0.1) is 34.9 Å². The SMILES string of the molecule is Cc1c(C(=O)Cc2ccc(C3(C#N)CCC(=O)CC3)nc2)cnn1-c1ccc(OC(F)(F)F)cc1. The third kappa shape index (κ3) is 5.24. The minimum Gasteiger partial charge on any atom is -0.406 e. The molecule has 1 aromatic carbocycles. The first-order valence-corrected chi connectivity index (χ1v) is 10.9. The Morgan fingerprint density at radius 2 is 1.83 bits per heavy atom. The number of rotatable bonds is 6. The largest absolute Gasteiger partial charge is 0.573 e. The molecule has 3 aromatic rings. The molecular formula is C25H21F3N4O3. The summed E-state index contributed by atoms with van der Waals surface area (Å²) < 4.78 is 42.4. The third-order valence-electron chi connectivity index (χ3n) is 6.18. The highest BCUT2D eigenvalue weighted by Gasteiger charge is 2.38. The van der Waals surface area contributed by atoms with E-state index in [2.05, 4.69) is 20.9 Å². The highest BCUT2D eigenvalue weighted by molar-refractivity contribution is 5.98. The third-order valence-corrected chi connectivity index (χ3v) is 6.18. The van der Waals surface area contributed by atoms with E-state index in [1.807, 2.05) is 0 Å². The van der Waals surface area contributed by atoms with Crippen molar-refractivity contribution in [2.24, 2.45) is 0 Å². The number of benzene rings is 1. The van der Waals surface area contributed by atoms with Crippen LogP contribution in [0.15, 0.2) is 48.8 Å². The van der Waals surface area contributed by atoms with Gasteiger partial charge in [-0.25, -0.2) is 4.68 Å². The van der Waals surface area contributed by atoms with Crippen molar-refractivity contribution in [1.82, 2.24) is 14.8 Å². The molecule has 1 aliphatic rings. The van der Waals surface area contributed by atoms with Crippen LogP contribution in [0, 0.1) is 18.3 Å². The van der Waals surface area contributed by atoms with Crippen LogP contribution in [0.1, 0.15) is 53.0 Å². The Kier molecular flexibility index (Phi) is 6.43. The summed E-state index contributed by atoms with van der Waals surface area (Å²) in [5, 5.41) is 13.9. The molecule has 4 rings (SSSR count). The van der Waals surface area contributed by atoms with Gasteiger partial charge in [0.1, 0.15) is 16.9 Å². The van der Waals surface area contributed by atoms with Gasteiger partial charge in [-0.1, -0.05) is 6.07 Å². The van der Waals surface area contributed by atoms with Gasteiger partial charge in [-0.2, -0.15) is 10.4 Å². The molecule has 0 bridgehead atoms. The summed E-state index contributed by atoms with van der Waals surface area (Å²) in [6.07, 6.45) is -0.125. The van der Waals surface area contributed by atoms with E-state index in [9.17, 15) is 28.0 Å². The minimum atomic E-state index is -4.78. The average molecular weight is 482 g/mol. The summed E-state index contributed by atoms with van der Waals surface area (Å²) in [4.78, 5) is 28.9. The van der Waals surface area contributed by atoms with Crippen LogP contribution < -0.4 is 4.74 Å². The summed E-state index contributed by atoms with van der Waals surface area (Å²) in [5.41, 5.74) is 1.89. The number of hydrogen-bond acceptors (Lipinski definition) is 6. The van der Waals surface area contributed by atoms with Gasteiger partial charge in [0, 0.05) is 25.5 Å². The van der Waals surface area contributed by atoms with Gasteiger partial charge in [-0.3, -0.25) is 14.6 Å². The first-order valence-electron chi connectivity index (χ1n) is 10.9. The van der Waals surface area contributed by atoms with E-state index < -0.39 is 11.8 Å². The lowest BCUT2D eigenvalue weighted by Gasteiger charge is -2.29. The predicted octanol–water partition coefficient (Wildman–Crippen LogP) is 4.80. The molecule has 1 aliphatic carbocycles. The van der Waals surface area contributed by atoms with Crippen molar-refractivity contribution in [2.75, 3.05) is 0 Å². The molecule has 0 spiro atoms. The molecule has 0 unspecified atom stereocenters. The average Bonchev–Trinajstić information content (AvgIpc) is 3.21. The fourth-order valence-corrected chi connectivity index (χ4v) is 4.21. The standard InChI is InChI=1S/C25H21F3N4O3/c1-16-21(14-31-32(16)18-3-5-20(6-4-18)35-25(26,27)28)22(34)12-17-2-7-23(30-13-17)24(15-29)10-8-19(33)9-11-24/h2-7,13-14H,8-12H2,1H3. The molecule has 0 aliphatic heterocycles. The van der Waals surface area contributed by atoms with Crippen LogP contribution in [0.3, 0.4) is 0 Å². The van der Waals surface area contributed by atoms with Crippen LogP contribution in [0.2, 0.25) is 0 Å². The van der Waals surface area contributed by atoms with Gasteiger partial charge in [0.15, 0.2) is 5.78 Å². The number of nitrogens with zero attached hydrogens (tertiary/aromatic N) is 4. The van der Waals surface area contributed by atoms with Gasteiger partial charge in [-0.15, -0.1) is 13.2 Å². The number of Topliss-reactive ketones (excluding diaryl/α,β-unsaturated/α-hetero) is 2. The van der Waals surface area contributed by atoms with E-state index in [0.717, 1.165) is 0 Å². The second-order valence-corrected chi connectivity index (χ2v) is 8.48. The second-order valence-electron chi connectivity index (χ2n) is 8.48. The Bertz CT molecular complexity index is 1280. The number of ketones is 2. The molecule has 0 atom stereocenters. The van der Waals surface area contributed by atoms with E-state index in [0.29, 0.717) is 53.9 Å². The van der Waals surface area contributed by atoms with Crippen molar-refractivity contribution in [1.29, 1.82) is 5.26 Å². The summed E-state index contributed by atoms with van der Waals surface area (Å²) in [5.74, 6) is -0.394. The number of ether oxygens (including phenoxy) is 1. The Hall–Kier alpha value is -4.00. The Morgan fingerprint density at radius 3 is 2.40 bits per heavy atom. The first-order chi connectivity index (χ1) is 16.6. The van der Waals surface area contributed by atoms with Crippen molar-refractivity contribution < 1.29 is 27.5 Å². The van der Waals surface area contributed by atoms with Gasteiger partial charge in [0.25, 0.3) is 0 Å². The first kappa shape index (κ1) is 24.1. The number of alkyl halides is 3. The molecule has 0 amide bonds. The fraction of sp³-hybridized carbons (Fsp3) is 0.320. The summed E-state index contributed by atoms with van der Waals surface area (Å²) in [7, 11) is 0. The van der Waals surface area contributed by atoms with Gasteiger partial charge < -0.3 is 4.74 Å². The van der Waals surface area contributed by atoms with Crippen LogP contribution in [0.5, 0.6) is 5.75 Å². The van der Waals surface area contributed by atoms with Crippen molar-refractivity contribution in [3.8, 4) is 17.5 Å². The van der Waals surface area contributed by atoms with Crippen LogP contribution in [-0.4, -0.2) is 32.7 Å². The summed E-state index contributed by atoms with van der Waals surface area (Å²) in [6.45, 7) is 1.70. The van der Waals surface area contributed by atoms with E-state index in [4.69, 9.17) is 0 Å². The zero-order valence-corrected chi connectivity index (χ0v) is 18.8. The van der Waals surface area contributed by atoms with Gasteiger partial charge in [0.2, 0.25) is 0 Å². The molecule has 2 heterocycles. The van der Waals surface area contributed by atoms with E-state index in [1.54, 1.807) is 25.3 Å². The van der Waals surface area contributed by atoms with Crippen LogP contribution in [-0.2, 0) is 16.6 Å². The molecule has 1 saturated carbocycles. The Morgan fingerprint density at radius 1 is 1.14 bits per heavy atom. The number of aromatic nitrogens is 3. The Balaban J connectivity index is 1.46. The van der Waals surface area contributed by atoms with Crippen molar-refractivity contribution in [3.05, 3.63) is 71.3 Å². The van der Waals surface area contributed by atoms with Gasteiger partial charge in [-0.05, 0) is 55.7 Å². The maximum absolute atomic E-state index is 12.9. The zero-order chi connectivity index (χ0) is 25.2. The Labute approximate surface area is 199 Å². The molecule has 7 nitrogen and oxygen atoms in total. The quantitative estimate of drug-likeness (QED) is 0.468. The maximum atomic E-state index is 12.9. The number of nitriles is 1. The van der Waals surface area contributed by atoms with Crippen LogP contribution >= 0.6 is 0 Å². The van der Waals surface area contributed by atoms with Crippen molar-refractivity contribution in [2.45, 2.75) is 50.8 Å². The van der Waals surface area contributed by atoms with E-state index in [1.165, 1.54) is 35.1 Å². The van der Waals surface area contributed by atoms with E-state index in [-0.39, 0.29) is 23.7 Å². The fourth-order valence-electron chi connectivity index (χ4n) is 4.21. The number of hydrogen-bond donors (Lipinski definition) is 0. The monoisotopic (exact) mass is 482 g/mol. The zero-order valence-electron chi connectivity index (χ0n) is 18.8. The topological polar surface area (TPSA) is 97.9 Å². The lowest BCUT2D eigenvalue weighted by Crippen LogP contribution is -2.31. The molecule has 35 heavy (non-hydrogen) atoms. The molecule has 10 heteroatoms. The van der Waals surface area contributed by atoms with Crippen molar-refractivity contribution >= 4 is 11.6 Å². The lowest BCUT2D eigenvalue weighted by atomic mass is 9.72. The van der Waals surface area contributed by atoms with E-state index >= 15 is 0 Å². The number of carbonyl (C=O) groups excluding carboxylic acids is 2. The normalized spacial score (nSPS) is 15.5. The van der Waals surface area contributed by atoms with Crippen molar-refractivity contribution in [3.63, 3.8) is 0 Å². The summed E-state index contributed by atoms with van der Waals surface area (Å²) in [6, 6.07) is 11.0. The molecule has 0 saturated heterocycles. The molecular weight excluding hydrogens is 461 g/mol. The summed E-state index contributed by atoms with van der Waals surface area (Å²) >= 11 is 0. The molecule has 180 valence electrons. The molecule has 0 radical (unpaired) electrons. The number of carbonyl (C=O) groups is 2.